The fourth-order valence-corrected chi connectivity index (χ4v) is 6.85. The van der Waals surface area contributed by atoms with Crippen LogP contribution >= 0.6 is 0 Å². The number of carboxylic acids is 1. The second-order valence-corrected chi connectivity index (χ2v) is 11.2. The van der Waals surface area contributed by atoms with Gasteiger partial charge in [0.05, 0.1) is 17.8 Å². The molecule has 0 atom stereocenters. The van der Waals surface area contributed by atoms with Crippen LogP contribution in [-0.4, -0.2) is 52.6 Å². The predicted octanol–water partition coefficient (Wildman–Crippen LogP) is 6.20. The molecule has 37 heavy (non-hydrogen) atoms. The van der Waals surface area contributed by atoms with Crippen LogP contribution in [-0.2, 0) is 11.3 Å². The topological polar surface area (TPSA) is 65.8 Å². The van der Waals surface area contributed by atoms with Crippen molar-refractivity contribution in [1.29, 1.82) is 0 Å². The van der Waals surface area contributed by atoms with Gasteiger partial charge in [0.25, 0.3) is 0 Å². The molecule has 6 nitrogen and oxygen atoms in total. The number of carbonyl (C=O) groups is 2. The van der Waals surface area contributed by atoms with Crippen molar-refractivity contribution < 1.29 is 14.7 Å². The average Bonchev–Trinajstić information content (AvgIpc) is 3.16. The Labute approximate surface area is 218 Å². The zero-order valence-electron chi connectivity index (χ0n) is 21.8. The summed E-state index contributed by atoms with van der Waals surface area (Å²) in [6.07, 6.45) is 9.50. The van der Waals surface area contributed by atoms with Gasteiger partial charge in [0.1, 0.15) is 0 Å². The SMILES string of the molecule is Cc1ccc2c(c1)N(CC(=O)N1CCCCC1)CCn1c-2c(C2CCCCC2)c2ccc(C(=O)O)cc21. The molecule has 1 saturated carbocycles. The first-order chi connectivity index (χ1) is 18.0. The quantitative estimate of drug-likeness (QED) is 0.465. The maximum atomic E-state index is 13.3. The van der Waals surface area contributed by atoms with Crippen molar-refractivity contribution >= 4 is 28.5 Å². The van der Waals surface area contributed by atoms with Gasteiger partial charge in [-0.2, -0.15) is 0 Å². The molecule has 1 amide bonds. The van der Waals surface area contributed by atoms with Gasteiger partial charge in [-0.25, -0.2) is 4.79 Å². The summed E-state index contributed by atoms with van der Waals surface area (Å²) in [6.45, 7) is 5.67. The van der Waals surface area contributed by atoms with Gasteiger partial charge in [0, 0.05) is 48.3 Å². The Morgan fingerprint density at radius 3 is 2.41 bits per heavy atom. The number of amides is 1. The Hall–Kier alpha value is -3.28. The van der Waals surface area contributed by atoms with Gasteiger partial charge in [-0.3, -0.25) is 4.79 Å². The molecule has 0 bridgehead atoms. The normalized spacial score (nSPS) is 18.4. The van der Waals surface area contributed by atoms with Gasteiger partial charge < -0.3 is 19.5 Å². The number of likely N-dealkylation sites (tertiary alicyclic amines) is 1. The smallest absolute Gasteiger partial charge is 0.335 e. The summed E-state index contributed by atoms with van der Waals surface area (Å²) in [7, 11) is 0. The van der Waals surface area contributed by atoms with Crippen LogP contribution in [0.2, 0.25) is 0 Å². The first-order valence-corrected chi connectivity index (χ1v) is 14.0. The first kappa shape index (κ1) is 24.1. The van der Waals surface area contributed by atoms with E-state index in [1.165, 1.54) is 66.3 Å². The molecule has 1 aliphatic carbocycles. The molecule has 0 unspecified atom stereocenters. The van der Waals surface area contributed by atoms with Crippen LogP contribution in [0.5, 0.6) is 0 Å². The molecule has 6 heteroatoms. The van der Waals surface area contributed by atoms with Gasteiger partial charge in [0.15, 0.2) is 0 Å². The van der Waals surface area contributed by atoms with E-state index < -0.39 is 5.97 Å². The number of rotatable bonds is 4. The lowest BCUT2D eigenvalue weighted by Gasteiger charge is -2.31. The van der Waals surface area contributed by atoms with Gasteiger partial charge >= 0.3 is 5.97 Å². The van der Waals surface area contributed by atoms with Crippen molar-refractivity contribution in [3.8, 4) is 11.3 Å². The highest BCUT2D eigenvalue weighted by Gasteiger charge is 2.31. The first-order valence-electron chi connectivity index (χ1n) is 14.0. The van der Waals surface area contributed by atoms with E-state index in [1.807, 2.05) is 17.0 Å². The van der Waals surface area contributed by atoms with E-state index in [2.05, 4.69) is 34.6 Å². The van der Waals surface area contributed by atoms with Crippen molar-refractivity contribution in [1.82, 2.24) is 9.47 Å². The van der Waals surface area contributed by atoms with E-state index in [4.69, 9.17) is 0 Å². The number of carbonyl (C=O) groups excluding carboxylic acids is 1. The molecular formula is C31H37N3O3. The van der Waals surface area contributed by atoms with Crippen molar-refractivity contribution in [3.63, 3.8) is 0 Å². The molecule has 3 aromatic rings. The number of benzene rings is 2. The molecular weight excluding hydrogens is 462 g/mol. The molecule has 194 valence electrons. The number of hydrogen-bond donors (Lipinski definition) is 1. The zero-order chi connectivity index (χ0) is 25.5. The van der Waals surface area contributed by atoms with Gasteiger partial charge in [-0.05, 0) is 74.3 Å². The van der Waals surface area contributed by atoms with E-state index in [1.54, 1.807) is 6.07 Å². The second-order valence-electron chi connectivity index (χ2n) is 11.2. The van der Waals surface area contributed by atoms with Crippen LogP contribution < -0.4 is 4.90 Å². The maximum absolute atomic E-state index is 13.3. The minimum absolute atomic E-state index is 0.212. The lowest BCUT2D eigenvalue weighted by atomic mass is 9.81. The zero-order valence-corrected chi connectivity index (χ0v) is 21.8. The van der Waals surface area contributed by atoms with Crippen molar-refractivity contribution in [2.45, 2.75) is 70.8 Å². The molecule has 1 saturated heterocycles. The third-order valence-corrected chi connectivity index (χ3v) is 8.74. The number of aromatic carboxylic acids is 1. The van der Waals surface area contributed by atoms with Crippen LogP contribution in [0, 0.1) is 6.92 Å². The summed E-state index contributed by atoms with van der Waals surface area (Å²) in [5, 5.41) is 10.9. The molecule has 2 aromatic carbocycles. The molecule has 3 aliphatic rings. The Bertz CT molecular complexity index is 1350. The second kappa shape index (κ2) is 9.88. The Balaban J connectivity index is 1.50. The van der Waals surface area contributed by atoms with E-state index in [9.17, 15) is 14.7 Å². The Morgan fingerprint density at radius 1 is 0.892 bits per heavy atom. The highest BCUT2D eigenvalue weighted by atomic mass is 16.4. The van der Waals surface area contributed by atoms with Gasteiger partial charge in [0.2, 0.25) is 5.91 Å². The lowest BCUT2D eigenvalue weighted by Crippen LogP contribution is -2.43. The van der Waals surface area contributed by atoms with Gasteiger partial charge in [-0.1, -0.05) is 37.5 Å². The summed E-state index contributed by atoms with van der Waals surface area (Å²) in [6, 6.07) is 12.3. The van der Waals surface area contributed by atoms with Crippen molar-refractivity contribution in [3.05, 3.63) is 53.1 Å². The van der Waals surface area contributed by atoms with E-state index in [-0.39, 0.29) is 5.91 Å². The molecule has 0 spiro atoms. The van der Waals surface area contributed by atoms with Gasteiger partial charge in [-0.15, -0.1) is 0 Å². The molecule has 2 aliphatic heterocycles. The maximum Gasteiger partial charge on any atom is 0.335 e. The fraction of sp³-hybridized carbons (Fsp3) is 0.484. The van der Waals surface area contributed by atoms with Crippen molar-refractivity contribution in [2.75, 3.05) is 31.1 Å². The number of aromatic nitrogens is 1. The number of nitrogens with zero attached hydrogens (tertiary/aromatic N) is 3. The molecule has 2 fully saturated rings. The van der Waals surface area contributed by atoms with E-state index in [0.717, 1.165) is 43.7 Å². The summed E-state index contributed by atoms with van der Waals surface area (Å²) >= 11 is 0. The Kier molecular flexibility index (Phi) is 6.43. The van der Waals surface area contributed by atoms with Crippen molar-refractivity contribution in [2.24, 2.45) is 0 Å². The van der Waals surface area contributed by atoms with Crippen LogP contribution in [0.25, 0.3) is 22.2 Å². The molecule has 3 heterocycles. The molecule has 1 N–H and O–H groups in total. The summed E-state index contributed by atoms with van der Waals surface area (Å²) < 4.78 is 2.35. The highest BCUT2D eigenvalue weighted by molar-refractivity contribution is 6.00. The lowest BCUT2D eigenvalue weighted by molar-refractivity contribution is -0.130. The Morgan fingerprint density at radius 2 is 1.65 bits per heavy atom. The highest BCUT2D eigenvalue weighted by Crippen LogP contribution is 2.47. The fourth-order valence-electron chi connectivity index (χ4n) is 6.85. The van der Waals surface area contributed by atoms with Crippen LogP contribution in [0.4, 0.5) is 5.69 Å². The third kappa shape index (κ3) is 4.41. The van der Waals surface area contributed by atoms with E-state index in [0.29, 0.717) is 24.6 Å². The van der Waals surface area contributed by atoms with Crippen LogP contribution in [0.15, 0.2) is 36.4 Å². The number of aryl methyl sites for hydroxylation is 1. The van der Waals surface area contributed by atoms with Crippen LogP contribution in [0.3, 0.4) is 0 Å². The number of piperidine rings is 1. The minimum atomic E-state index is -0.893. The summed E-state index contributed by atoms with van der Waals surface area (Å²) in [5.41, 5.74) is 7.42. The monoisotopic (exact) mass is 499 g/mol. The summed E-state index contributed by atoms with van der Waals surface area (Å²) in [5.74, 6) is -0.210. The summed E-state index contributed by atoms with van der Waals surface area (Å²) in [4.78, 5) is 29.5. The standard InChI is InChI=1S/C31H37N3O3/c1-21-10-12-25-26(18-21)33(20-28(35)32-14-6-3-7-15-32)16-17-34-27-19-23(31(36)37)11-13-24(27)29(30(25)34)22-8-4-2-5-9-22/h10-13,18-19,22H,2-9,14-17,20H2,1H3,(H,36,37). The number of hydrogen-bond acceptors (Lipinski definition) is 3. The third-order valence-electron chi connectivity index (χ3n) is 8.74. The van der Waals surface area contributed by atoms with E-state index >= 15 is 0 Å². The molecule has 6 rings (SSSR count). The molecule has 0 radical (unpaired) electrons. The minimum Gasteiger partial charge on any atom is -0.478 e. The average molecular weight is 500 g/mol. The predicted molar refractivity (Wildman–Crippen MR) is 148 cm³/mol. The van der Waals surface area contributed by atoms with Crippen LogP contribution in [0.1, 0.15) is 78.8 Å². The number of carboxylic acid groups (broad SMARTS) is 1. The number of fused-ring (bicyclic) bond motifs is 5. The largest absolute Gasteiger partial charge is 0.478 e. The molecule has 1 aromatic heterocycles. The number of anilines is 1.